The fourth-order valence-corrected chi connectivity index (χ4v) is 4.27. The van der Waals surface area contributed by atoms with Crippen LogP contribution in [0.4, 0.5) is 5.69 Å². The van der Waals surface area contributed by atoms with E-state index in [-0.39, 0.29) is 36.0 Å². The molecule has 0 radical (unpaired) electrons. The van der Waals surface area contributed by atoms with E-state index < -0.39 is 6.04 Å². The summed E-state index contributed by atoms with van der Waals surface area (Å²) in [5.41, 5.74) is 2.53. The summed E-state index contributed by atoms with van der Waals surface area (Å²) in [7, 11) is 0. The number of carbonyl (C=O) groups excluding carboxylic acids is 3. The number of rotatable bonds is 9. The van der Waals surface area contributed by atoms with E-state index in [0.717, 1.165) is 46.8 Å². The maximum atomic E-state index is 12.9. The molecule has 3 aromatic rings. The first-order valence-corrected chi connectivity index (χ1v) is 12.3. The van der Waals surface area contributed by atoms with Crippen LogP contribution >= 0.6 is 0 Å². The lowest BCUT2D eigenvalue weighted by Crippen LogP contribution is -2.49. The third-order valence-electron chi connectivity index (χ3n) is 6.58. The van der Waals surface area contributed by atoms with E-state index >= 15 is 0 Å². The first kappa shape index (κ1) is 24.5. The van der Waals surface area contributed by atoms with Gasteiger partial charge in [-0.3, -0.25) is 14.4 Å². The van der Waals surface area contributed by atoms with Crippen molar-refractivity contribution in [2.45, 2.75) is 52.1 Å². The number of hydrogen-bond donors (Lipinski definition) is 3. The van der Waals surface area contributed by atoms with Gasteiger partial charge in [0.15, 0.2) is 0 Å². The van der Waals surface area contributed by atoms with Gasteiger partial charge in [0.25, 0.3) is 0 Å². The van der Waals surface area contributed by atoms with Gasteiger partial charge in [0.05, 0.1) is 6.42 Å². The van der Waals surface area contributed by atoms with Gasteiger partial charge >= 0.3 is 0 Å². The molecular weight excluding hydrogens is 438 g/mol. The highest BCUT2D eigenvalue weighted by atomic mass is 16.2. The second-order valence-electron chi connectivity index (χ2n) is 9.68. The number of benzene rings is 3. The van der Waals surface area contributed by atoms with Crippen molar-refractivity contribution in [1.29, 1.82) is 0 Å². The Morgan fingerprint density at radius 1 is 0.886 bits per heavy atom. The van der Waals surface area contributed by atoms with Crippen molar-refractivity contribution < 1.29 is 14.4 Å². The quantitative estimate of drug-likeness (QED) is 0.427. The lowest BCUT2D eigenvalue weighted by molar-refractivity contribution is -0.129. The zero-order valence-corrected chi connectivity index (χ0v) is 20.3. The summed E-state index contributed by atoms with van der Waals surface area (Å²) >= 11 is 0. The van der Waals surface area contributed by atoms with Crippen LogP contribution in [0.5, 0.6) is 0 Å². The molecule has 0 spiro atoms. The Balaban J connectivity index is 1.32. The average Bonchev–Trinajstić information content (AvgIpc) is 2.80. The van der Waals surface area contributed by atoms with Crippen LogP contribution in [0.15, 0.2) is 66.7 Å². The highest BCUT2D eigenvalue weighted by Crippen LogP contribution is 2.27. The number of amides is 3. The van der Waals surface area contributed by atoms with Gasteiger partial charge in [-0.25, -0.2) is 0 Å². The number of hydrogen-bond acceptors (Lipinski definition) is 3. The fraction of sp³-hybridized carbons (Fsp3) is 0.345. The van der Waals surface area contributed by atoms with E-state index in [2.05, 4.69) is 16.0 Å². The van der Waals surface area contributed by atoms with Gasteiger partial charge in [-0.05, 0) is 52.8 Å². The standard InChI is InChI=1S/C29H33N3O3/c1-19(2)27(32-26(33)17-20-13-14-22-8-3-4-9-24(22)15-20)29(35)30-18-21-7-5-12-25(16-21)31-28(34)23-10-6-11-23/h3-5,7-9,12-16,19,23,27H,6,10-11,17-18H2,1-2H3,(H,30,35)(H,31,34)(H,32,33). The molecule has 0 heterocycles. The Kier molecular flexibility index (Phi) is 7.80. The lowest BCUT2D eigenvalue weighted by Gasteiger charge is -2.24. The van der Waals surface area contributed by atoms with Crippen molar-refractivity contribution in [2.75, 3.05) is 5.32 Å². The van der Waals surface area contributed by atoms with E-state index in [1.54, 1.807) is 0 Å². The molecule has 6 heteroatoms. The second kappa shape index (κ2) is 11.2. The van der Waals surface area contributed by atoms with Crippen LogP contribution in [-0.4, -0.2) is 23.8 Å². The van der Waals surface area contributed by atoms with Gasteiger partial charge in [-0.1, -0.05) is 74.9 Å². The Bertz CT molecular complexity index is 1220. The molecule has 0 bridgehead atoms. The molecule has 0 saturated heterocycles. The van der Waals surface area contributed by atoms with Crippen molar-refractivity contribution in [1.82, 2.24) is 10.6 Å². The normalized spacial score (nSPS) is 14.3. The van der Waals surface area contributed by atoms with Crippen molar-refractivity contribution in [3.05, 3.63) is 77.9 Å². The molecule has 3 amide bonds. The topological polar surface area (TPSA) is 87.3 Å². The third-order valence-corrected chi connectivity index (χ3v) is 6.58. The molecule has 1 unspecified atom stereocenters. The average molecular weight is 472 g/mol. The van der Waals surface area contributed by atoms with Crippen molar-refractivity contribution in [3.63, 3.8) is 0 Å². The molecule has 0 aromatic heterocycles. The van der Waals surface area contributed by atoms with E-state index in [1.807, 2.05) is 80.6 Å². The summed E-state index contributed by atoms with van der Waals surface area (Å²) < 4.78 is 0. The summed E-state index contributed by atoms with van der Waals surface area (Å²) in [6, 6.07) is 20.9. The Morgan fingerprint density at radius 2 is 1.66 bits per heavy atom. The molecule has 6 nitrogen and oxygen atoms in total. The lowest BCUT2D eigenvalue weighted by atomic mass is 9.85. The van der Waals surface area contributed by atoms with Gasteiger partial charge < -0.3 is 16.0 Å². The fourth-order valence-electron chi connectivity index (χ4n) is 4.27. The molecule has 1 aliphatic rings. The number of nitrogens with one attached hydrogen (secondary N) is 3. The van der Waals surface area contributed by atoms with Crippen molar-refractivity contribution in [2.24, 2.45) is 11.8 Å². The zero-order chi connectivity index (χ0) is 24.8. The largest absolute Gasteiger partial charge is 0.350 e. The summed E-state index contributed by atoms with van der Waals surface area (Å²) in [5.74, 6) is -0.302. The summed E-state index contributed by atoms with van der Waals surface area (Å²) in [5, 5.41) is 11.0. The molecule has 4 rings (SSSR count). The van der Waals surface area contributed by atoms with E-state index in [0.29, 0.717) is 6.54 Å². The van der Waals surface area contributed by atoms with E-state index in [4.69, 9.17) is 0 Å². The van der Waals surface area contributed by atoms with Crippen LogP contribution in [0.2, 0.25) is 0 Å². The SMILES string of the molecule is CC(C)C(NC(=O)Cc1ccc2ccccc2c1)C(=O)NCc1cccc(NC(=O)C2CCC2)c1. The minimum Gasteiger partial charge on any atom is -0.350 e. The molecular formula is C29H33N3O3. The predicted octanol–water partition coefficient (Wildman–Crippen LogP) is 4.58. The molecule has 0 aliphatic heterocycles. The van der Waals surface area contributed by atoms with Crippen LogP contribution in [-0.2, 0) is 27.3 Å². The minimum atomic E-state index is -0.635. The van der Waals surface area contributed by atoms with Crippen molar-refractivity contribution in [3.8, 4) is 0 Å². The van der Waals surface area contributed by atoms with E-state index in [1.165, 1.54) is 0 Å². The summed E-state index contributed by atoms with van der Waals surface area (Å²) in [6.45, 7) is 4.14. The number of anilines is 1. The van der Waals surface area contributed by atoms with Crippen LogP contribution in [0.3, 0.4) is 0 Å². The Hall–Kier alpha value is -3.67. The first-order valence-electron chi connectivity index (χ1n) is 12.3. The minimum absolute atomic E-state index is 0.0615. The highest BCUT2D eigenvalue weighted by Gasteiger charge is 2.26. The van der Waals surface area contributed by atoms with Crippen LogP contribution in [0.25, 0.3) is 10.8 Å². The number of fused-ring (bicyclic) bond motifs is 1. The molecule has 1 fully saturated rings. The van der Waals surface area contributed by atoms with Crippen molar-refractivity contribution >= 4 is 34.2 Å². The maximum absolute atomic E-state index is 12.9. The van der Waals surface area contributed by atoms with Crippen LogP contribution in [0.1, 0.15) is 44.2 Å². The second-order valence-corrected chi connectivity index (χ2v) is 9.68. The van der Waals surface area contributed by atoms with Gasteiger partial charge in [0.1, 0.15) is 6.04 Å². The zero-order valence-electron chi connectivity index (χ0n) is 20.3. The summed E-state index contributed by atoms with van der Waals surface area (Å²) in [4.78, 5) is 37.9. The Morgan fingerprint density at radius 3 is 2.37 bits per heavy atom. The molecule has 1 atom stereocenters. The van der Waals surface area contributed by atoms with Crippen LogP contribution in [0, 0.1) is 11.8 Å². The summed E-state index contributed by atoms with van der Waals surface area (Å²) in [6.07, 6.45) is 3.22. The van der Waals surface area contributed by atoms with E-state index in [9.17, 15) is 14.4 Å². The third kappa shape index (κ3) is 6.47. The smallest absolute Gasteiger partial charge is 0.243 e. The molecule has 1 aliphatic carbocycles. The molecule has 1 saturated carbocycles. The molecule has 3 N–H and O–H groups in total. The molecule has 182 valence electrons. The van der Waals surface area contributed by atoms with Gasteiger partial charge in [0, 0.05) is 18.2 Å². The predicted molar refractivity (Wildman–Crippen MR) is 139 cm³/mol. The Labute approximate surface area is 206 Å². The monoisotopic (exact) mass is 471 g/mol. The number of carbonyl (C=O) groups is 3. The van der Waals surface area contributed by atoms with Crippen LogP contribution < -0.4 is 16.0 Å². The molecule has 35 heavy (non-hydrogen) atoms. The highest BCUT2D eigenvalue weighted by molar-refractivity contribution is 5.93. The first-order chi connectivity index (χ1) is 16.9. The molecule has 3 aromatic carbocycles. The van der Waals surface area contributed by atoms with Gasteiger partial charge in [0.2, 0.25) is 17.7 Å². The van der Waals surface area contributed by atoms with Gasteiger partial charge in [-0.2, -0.15) is 0 Å². The van der Waals surface area contributed by atoms with Gasteiger partial charge in [-0.15, -0.1) is 0 Å². The maximum Gasteiger partial charge on any atom is 0.243 e.